The van der Waals surface area contributed by atoms with E-state index in [1.807, 2.05) is 0 Å². The third-order valence-corrected chi connectivity index (χ3v) is 4.84. The molecule has 0 heterocycles. The Morgan fingerprint density at radius 1 is 1.26 bits per heavy atom. The summed E-state index contributed by atoms with van der Waals surface area (Å²) in [5.41, 5.74) is 0.471. The summed E-state index contributed by atoms with van der Waals surface area (Å²) >= 11 is 0. The maximum atomic E-state index is 11.6. The van der Waals surface area contributed by atoms with Crippen molar-refractivity contribution in [2.45, 2.75) is 19.1 Å². The Bertz CT molecular complexity index is 534. The van der Waals surface area contributed by atoms with E-state index in [-0.39, 0.29) is 12.4 Å². The van der Waals surface area contributed by atoms with Crippen LogP contribution in [0.3, 0.4) is 0 Å². The number of ether oxygens (including phenoxy) is 2. The van der Waals surface area contributed by atoms with Crippen LogP contribution in [0.4, 0.5) is 0 Å². The van der Waals surface area contributed by atoms with Crippen molar-refractivity contribution in [2.75, 3.05) is 19.5 Å². The van der Waals surface area contributed by atoms with Crippen LogP contribution < -0.4 is 9.47 Å². The molecular formula is C13H18O5S. The minimum Gasteiger partial charge on any atom is -0.493 e. The molecular weight excluding hydrogens is 268 g/mol. The van der Waals surface area contributed by atoms with Gasteiger partial charge in [-0.1, -0.05) is 0 Å². The molecule has 106 valence electrons. The standard InChI is InChI=1S/C13H18O5S/c1-10(2)19(15,16)7-6-18-12-5-4-11(9-14)8-13(12)17-3/h4-5,8-10H,6-7H2,1-3H3. The molecule has 0 aliphatic carbocycles. The first-order valence-electron chi connectivity index (χ1n) is 5.88. The Hall–Kier alpha value is -1.56. The zero-order chi connectivity index (χ0) is 14.5. The van der Waals surface area contributed by atoms with E-state index in [2.05, 4.69) is 0 Å². The topological polar surface area (TPSA) is 69.7 Å². The van der Waals surface area contributed by atoms with Crippen molar-refractivity contribution in [3.63, 3.8) is 0 Å². The van der Waals surface area contributed by atoms with Crippen molar-refractivity contribution in [3.8, 4) is 11.5 Å². The van der Waals surface area contributed by atoms with Crippen molar-refractivity contribution in [2.24, 2.45) is 0 Å². The second kappa shape index (κ2) is 6.56. The molecule has 0 aliphatic heterocycles. The lowest BCUT2D eigenvalue weighted by atomic mass is 10.2. The zero-order valence-corrected chi connectivity index (χ0v) is 12.1. The summed E-state index contributed by atoms with van der Waals surface area (Å²) in [7, 11) is -1.66. The Balaban J connectivity index is 2.71. The van der Waals surface area contributed by atoms with Crippen molar-refractivity contribution in [1.82, 2.24) is 0 Å². The Morgan fingerprint density at radius 3 is 2.47 bits per heavy atom. The molecule has 0 N–H and O–H groups in total. The fraction of sp³-hybridized carbons (Fsp3) is 0.462. The second-order valence-corrected chi connectivity index (χ2v) is 6.97. The summed E-state index contributed by atoms with van der Waals surface area (Å²) < 4.78 is 33.7. The maximum absolute atomic E-state index is 11.6. The number of hydrogen-bond donors (Lipinski definition) is 0. The minimum absolute atomic E-state index is 0.0523. The number of aldehydes is 1. The van der Waals surface area contributed by atoms with Gasteiger partial charge in [-0.2, -0.15) is 0 Å². The fourth-order valence-electron chi connectivity index (χ4n) is 1.38. The molecule has 0 saturated carbocycles. The van der Waals surface area contributed by atoms with Gasteiger partial charge in [0.25, 0.3) is 0 Å². The molecule has 0 saturated heterocycles. The highest BCUT2D eigenvalue weighted by molar-refractivity contribution is 7.91. The van der Waals surface area contributed by atoms with E-state index in [9.17, 15) is 13.2 Å². The third-order valence-electron chi connectivity index (χ3n) is 2.67. The first-order chi connectivity index (χ1) is 8.90. The number of carbonyl (C=O) groups is 1. The van der Waals surface area contributed by atoms with Crippen LogP contribution in [0.2, 0.25) is 0 Å². The number of benzene rings is 1. The highest BCUT2D eigenvalue weighted by atomic mass is 32.2. The Labute approximate surface area is 113 Å². The van der Waals surface area contributed by atoms with Gasteiger partial charge in [-0.05, 0) is 32.0 Å². The molecule has 6 heteroatoms. The number of carbonyl (C=O) groups excluding carboxylic acids is 1. The lowest BCUT2D eigenvalue weighted by Gasteiger charge is -2.12. The van der Waals surface area contributed by atoms with Crippen LogP contribution >= 0.6 is 0 Å². The highest BCUT2D eigenvalue weighted by Crippen LogP contribution is 2.27. The van der Waals surface area contributed by atoms with Crippen LogP contribution in [0.5, 0.6) is 11.5 Å². The Kier molecular flexibility index (Phi) is 5.35. The van der Waals surface area contributed by atoms with E-state index in [0.29, 0.717) is 23.3 Å². The summed E-state index contributed by atoms with van der Waals surface area (Å²) in [6, 6.07) is 4.71. The summed E-state index contributed by atoms with van der Waals surface area (Å²) in [5, 5.41) is -0.421. The minimum atomic E-state index is -3.12. The molecule has 1 aromatic rings. The molecule has 0 aliphatic rings. The zero-order valence-electron chi connectivity index (χ0n) is 11.3. The molecule has 19 heavy (non-hydrogen) atoms. The number of methoxy groups -OCH3 is 1. The van der Waals surface area contributed by atoms with E-state index in [1.54, 1.807) is 32.0 Å². The molecule has 0 radical (unpaired) electrons. The SMILES string of the molecule is COc1cc(C=O)ccc1OCCS(=O)(=O)C(C)C. The van der Waals surface area contributed by atoms with Crippen LogP contribution in [0, 0.1) is 0 Å². The van der Waals surface area contributed by atoms with Gasteiger partial charge >= 0.3 is 0 Å². The van der Waals surface area contributed by atoms with Crippen molar-refractivity contribution < 1.29 is 22.7 Å². The largest absolute Gasteiger partial charge is 0.493 e. The van der Waals surface area contributed by atoms with Crippen LogP contribution in [0.15, 0.2) is 18.2 Å². The quantitative estimate of drug-likeness (QED) is 0.714. The first kappa shape index (κ1) is 15.5. The monoisotopic (exact) mass is 286 g/mol. The normalized spacial score (nSPS) is 11.4. The molecule has 0 atom stereocenters. The van der Waals surface area contributed by atoms with Gasteiger partial charge in [0, 0.05) is 5.56 Å². The van der Waals surface area contributed by atoms with E-state index < -0.39 is 15.1 Å². The van der Waals surface area contributed by atoms with Gasteiger partial charge in [0.05, 0.1) is 18.1 Å². The predicted molar refractivity (Wildman–Crippen MR) is 72.8 cm³/mol. The van der Waals surface area contributed by atoms with E-state index >= 15 is 0 Å². The summed E-state index contributed by atoms with van der Waals surface area (Å²) in [5.74, 6) is 0.780. The first-order valence-corrected chi connectivity index (χ1v) is 7.60. The molecule has 0 unspecified atom stereocenters. The van der Waals surface area contributed by atoms with Crippen LogP contribution in [-0.4, -0.2) is 39.4 Å². The molecule has 0 aromatic heterocycles. The molecule has 5 nitrogen and oxygen atoms in total. The van der Waals surface area contributed by atoms with Gasteiger partial charge in [0.15, 0.2) is 21.3 Å². The highest BCUT2D eigenvalue weighted by Gasteiger charge is 2.16. The average Bonchev–Trinajstić information content (AvgIpc) is 2.38. The fourth-order valence-corrected chi connectivity index (χ4v) is 2.17. The van der Waals surface area contributed by atoms with E-state index in [0.717, 1.165) is 0 Å². The van der Waals surface area contributed by atoms with Crippen molar-refractivity contribution in [3.05, 3.63) is 23.8 Å². The lowest BCUT2D eigenvalue weighted by Crippen LogP contribution is -2.22. The molecule has 1 rings (SSSR count). The number of hydrogen-bond acceptors (Lipinski definition) is 5. The summed E-state index contributed by atoms with van der Waals surface area (Å²) in [4.78, 5) is 10.6. The van der Waals surface area contributed by atoms with Gasteiger partial charge < -0.3 is 9.47 Å². The van der Waals surface area contributed by atoms with Crippen LogP contribution in [-0.2, 0) is 9.84 Å². The Morgan fingerprint density at radius 2 is 1.95 bits per heavy atom. The molecule has 0 fully saturated rings. The molecule has 1 aromatic carbocycles. The third kappa shape index (κ3) is 4.24. The van der Waals surface area contributed by atoms with E-state index in [4.69, 9.17) is 9.47 Å². The maximum Gasteiger partial charge on any atom is 0.161 e. The molecule has 0 bridgehead atoms. The van der Waals surface area contributed by atoms with Crippen molar-refractivity contribution >= 4 is 16.1 Å². The van der Waals surface area contributed by atoms with Crippen molar-refractivity contribution in [1.29, 1.82) is 0 Å². The van der Waals surface area contributed by atoms with Crippen LogP contribution in [0.1, 0.15) is 24.2 Å². The van der Waals surface area contributed by atoms with Gasteiger partial charge in [-0.3, -0.25) is 4.79 Å². The van der Waals surface area contributed by atoms with Crippen LogP contribution in [0.25, 0.3) is 0 Å². The van der Waals surface area contributed by atoms with Gasteiger partial charge in [-0.25, -0.2) is 8.42 Å². The lowest BCUT2D eigenvalue weighted by molar-refractivity contribution is 0.112. The van der Waals surface area contributed by atoms with Gasteiger partial charge in [-0.15, -0.1) is 0 Å². The van der Waals surface area contributed by atoms with Gasteiger partial charge in [0.2, 0.25) is 0 Å². The van der Waals surface area contributed by atoms with E-state index in [1.165, 1.54) is 7.11 Å². The van der Waals surface area contributed by atoms with Gasteiger partial charge in [0.1, 0.15) is 12.9 Å². The summed E-state index contributed by atoms with van der Waals surface area (Å²) in [6.45, 7) is 3.32. The smallest absolute Gasteiger partial charge is 0.161 e. The predicted octanol–water partition coefficient (Wildman–Crippen LogP) is 1.71. The summed E-state index contributed by atoms with van der Waals surface area (Å²) in [6.07, 6.45) is 0.704. The molecule has 0 spiro atoms. The number of sulfone groups is 1. The average molecular weight is 286 g/mol. The molecule has 0 amide bonds. The second-order valence-electron chi connectivity index (χ2n) is 4.29. The number of rotatable bonds is 7.